The van der Waals surface area contributed by atoms with Gasteiger partial charge < -0.3 is 20.7 Å². The third-order valence-electron chi connectivity index (χ3n) is 2.47. The maximum Gasteiger partial charge on any atom is 0.338 e. The van der Waals surface area contributed by atoms with Crippen molar-refractivity contribution in [1.29, 1.82) is 0 Å². The highest BCUT2D eigenvalue weighted by Gasteiger charge is 2.21. The van der Waals surface area contributed by atoms with Crippen molar-refractivity contribution in [3.8, 4) is 0 Å². The molecule has 106 valence electrons. The molecule has 1 rings (SSSR count). The summed E-state index contributed by atoms with van der Waals surface area (Å²) in [5.74, 6) is -0.469. The molecule has 0 heterocycles. The molecule has 2 atom stereocenters. The average Bonchev–Trinajstić information content (AvgIpc) is 2.35. The van der Waals surface area contributed by atoms with Crippen molar-refractivity contribution < 1.29 is 19.7 Å². The van der Waals surface area contributed by atoms with Crippen LogP contribution in [-0.2, 0) is 4.74 Å². The van der Waals surface area contributed by atoms with Crippen LogP contribution in [0, 0.1) is 0 Å². The van der Waals surface area contributed by atoms with Gasteiger partial charge in [-0.25, -0.2) is 4.79 Å². The molecule has 0 aromatic heterocycles. The van der Waals surface area contributed by atoms with Gasteiger partial charge in [0.1, 0.15) is 11.7 Å². The van der Waals surface area contributed by atoms with E-state index in [0.29, 0.717) is 11.1 Å². The molecule has 5 nitrogen and oxygen atoms in total. The summed E-state index contributed by atoms with van der Waals surface area (Å²) in [6.45, 7) is 5.28. The lowest BCUT2D eigenvalue weighted by Crippen LogP contribution is -2.27. The van der Waals surface area contributed by atoms with Crippen molar-refractivity contribution in [3.63, 3.8) is 0 Å². The van der Waals surface area contributed by atoms with Crippen LogP contribution in [0.3, 0.4) is 0 Å². The molecule has 0 radical (unpaired) electrons. The number of nitrogens with two attached hydrogens (primary N) is 1. The molecule has 4 N–H and O–H groups in total. The fourth-order valence-electron chi connectivity index (χ4n) is 1.54. The summed E-state index contributed by atoms with van der Waals surface area (Å²) in [6.07, 6.45) is -2.18. The number of rotatable bonds is 4. The molecule has 19 heavy (non-hydrogen) atoms. The normalized spacial score (nSPS) is 14.8. The molecule has 0 bridgehead atoms. The van der Waals surface area contributed by atoms with Gasteiger partial charge in [0.25, 0.3) is 0 Å². The van der Waals surface area contributed by atoms with Gasteiger partial charge in [0.2, 0.25) is 0 Å². The first kappa shape index (κ1) is 15.6. The van der Waals surface area contributed by atoms with Crippen molar-refractivity contribution in [1.82, 2.24) is 0 Å². The number of hydrogen-bond donors (Lipinski definition) is 3. The lowest BCUT2D eigenvalue weighted by Gasteiger charge is -2.20. The van der Waals surface area contributed by atoms with E-state index in [1.54, 1.807) is 39.0 Å². The van der Waals surface area contributed by atoms with E-state index in [1.807, 2.05) is 0 Å². The second-order valence-corrected chi connectivity index (χ2v) is 5.38. The van der Waals surface area contributed by atoms with Crippen molar-refractivity contribution in [2.75, 3.05) is 6.54 Å². The SMILES string of the molecule is CC(C)(C)OC(=O)c1cccc(C(O)C(O)CN)c1. The highest BCUT2D eigenvalue weighted by molar-refractivity contribution is 5.89. The number of aliphatic hydroxyl groups excluding tert-OH is 2. The zero-order valence-electron chi connectivity index (χ0n) is 11.5. The van der Waals surface area contributed by atoms with Gasteiger partial charge in [-0.2, -0.15) is 0 Å². The van der Waals surface area contributed by atoms with Gasteiger partial charge in [-0.1, -0.05) is 12.1 Å². The molecule has 1 aromatic rings. The van der Waals surface area contributed by atoms with Gasteiger partial charge in [-0.15, -0.1) is 0 Å². The predicted octanol–water partition coefficient (Wildman–Crippen LogP) is 0.995. The average molecular weight is 267 g/mol. The zero-order chi connectivity index (χ0) is 14.6. The van der Waals surface area contributed by atoms with Gasteiger partial charge in [-0.3, -0.25) is 0 Å². The minimum Gasteiger partial charge on any atom is -0.456 e. The van der Waals surface area contributed by atoms with Crippen LogP contribution in [-0.4, -0.2) is 34.4 Å². The Kier molecular flexibility index (Phi) is 5.05. The number of esters is 1. The van der Waals surface area contributed by atoms with Gasteiger partial charge in [0.05, 0.1) is 11.7 Å². The summed E-state index contributed by atoms with van der Waals surface area (Å²) in [5, 5.41) is 19.4. The van der Waals surface area contributed by atoms with Gasteiger partial charge in [0, 0.05) is 6.54 Å². The largest absolute Gasteiger partial charge is 0.456 e. The number of carbonyl (C=O) groups excluding carboxylic acids is 1. The maximum atomic E-state index is 11.9. The van der Waals surface area contributed by atoms with Gasteiger partial charge in [0.15, 0.2) is 0 Å². The second kappa shape index (κ2) is 6.14. The summed E-state index contributed by atoms with van der Waals surface area (Å²) in [5.41, 5.74) is 5.47. The molecule has 0 aliphatic carbocycles. The van der Waals surface area contributed by atoms with Crippen LogP contribution < -0.4 is 5.73 Å². The lowest BCUT2D eigenvalue weighted by atomic mass is 10.0. The van der Waals surface area contributed by atoms with Crippen molar-refractivity contribution >= 4 is 5.97 Å². The van der Waals surface area contributed by atoms with Crippen molar-refractivity contribution in [2.45, 2.75) is 38.6 Å². The fourth-order valence-corrected chi connectivity index (χ4v) is 1.54. The van der Waals surface area contributed by atoms with E-state index >= 15 is 0 Å². The van der Waals surface area contributed by atoms with E-state index < -0.39 is 23.8 Å². The molecular formula is C14H21NO4. The lowest BCUT2D eigenvalue weighted by molar-refractivity contribution is 0.00669. The number of benzene rings is 1. The van der Waals surface area contributed by atoms with Gasteiger partial charge >= 0.3 is 5.97 Å². The molecule has 0 fully saturated rings. The Morgan fingerprint density at radius 2 is 2.00 bits per heavy atom. The fraction of sp³-hybridized carbons (Fsp3) is 0.500. The van der Waals surface area contributed by atoms with E-state index in [4.69, 9.17) is 10.5 Å². The Labute approximate surface area is 113 Å². The number of hydrogen-bond acceptors (Lipinski definition) is 5. The van der Waals surface area contributed by atoms with Crippen LogP contribution in [0.1, 0.15) is 42.8 Å². The molecular weight excluding hydrogens is 246 g/mol. The van der Waals surface area contributed by atoms with Gasteiger partial charge in [-0.05, 0) is 38.5 Å². The summed E-state index contributed by atoms with van der Waals surface area (Å²) in [6, 6.07) is 6.34. The molecule has 0 amide bonds. The van der Waals surface area contributed by atoms with Crippen LogP contribution >= 0.6 is 0 Å². The summed E-state index contributed by atoms with van der Waals surface area (Å²) in [7, 11) is 0. The van der Waals surface area contributed by atoms with Crippen LogP contribution in [0.4, 0.5) is 0 Å². The molecule has 1 aromatic carbocycles. The van der Waals surface area contributed by atoms with Crippen LogP contribution in [0.2, 0.25) is 0 Å². The molecule has 0 saturated heterocycles. The Balaban J connectivity index is 2.91. The first-order valence-electron chi connectivity index (χ1n) is 6.14. The quantitative estimate of drug-likeness (QED) is 0.708. The Morgan fingerprint density at radius 3 is 2.53 bits per heavy atom. The molecule has 0 aliphatic heterocycles. The smallest absolute Gasteiger partial charge is 0.338 e. The summed E-state index contributed by atoms with van der Waals surface area (Å²) in [4.78, 5) is 11.9. The Hall–Kier alpha value is -1.43. The molecule has 0 saturated carbocycles. The van der Waals surface area contributed by atoms with Crippen LogP contribution in [0.25, 0.3) is 0 Å². The Bertz CT molecular complexity index is 439. The molecule has 0 spiro atoms. The van der Waals surface area contributed by atoms with E-state index in [-0.39, 0.29) is 6.54 Å². The van der Waals surface area contributed by atoms with E-state index in [1.165, 1.54) is 6.07 Å². The van der Waals surface area contributed by atoms with Crippen LogP contribution in [0.5, 0.6) is 0 Å². The third kappa shape index (κ3) is 4.63. The summed E-state index contributed by atoms with van der Waals surface area (Å²) < 4.78 is 5.24. The van der Waals surface area contributed by atoms with Crippen molar-refractivity contribution in [2.24, 2.45) is 5.73 Å². The minimum absolute atomic E-state index is 0.0577. The van der Waals surface area contributed by atoms with E-state index in [0.717, 1.165) is 0 Å². The highest BCUT2D eigenvalue weighted by atomic mass is 16.6. The predicted molar refractivity (Wildman–Crippen MR) is 71.6 cm³/mol. The van der Waals surface area contributed by atoms with Crippen molar-refractivity contribution in [3.05, 3.63) is 35.4 Å². The topological polar surface area (TPSA) is 92.8 Å². The standard InChI is InChI=1S/C14H21NO4/c1-14(2,3)19-13(18)10-6-4-5-9(7-10)12(17)11(16)8-15/h4-7,11-12,16-17H,8,15H2,1-3H3. The number of aliphatic hydroxyl groups is 2. The maximum absolute atomic E-state index is 11.9. The van der Waals surface area contributed by atoms with Crippen LogP contribution in [0.15, 0.2) is 24.3 Å². The number of carbonyl (C=O) groups is 1. The van der Waals surface area contributed by atoms with E-state index in [9.17, 15) is 15.0 Å². The molecule has 2 unspecified atom stereocenters. The molecule has 5 heteroatoms. The monoisotopic (exact) mass is 267 g/mol. The Morgan fingerprint density at radius 1 is 1.37 bits per heavy atom. The minimum atomic E-state index is -1.12. The first-order valence-corrected chi connectivity index (χ1v) is 6.14. The highest BCUT2D eigenvalue weighted by Crippen LogP contribution is 2.19. The van der Waals surface area contributed by atoms with E-state index in [2.05, 4.69) is 0 Å². The first-order chi connectivity index (χ1) is 8.74. The number of ether oxygens (including phenoxy) is 1. The molecule has 0 aliphatic rings. The second-order valence-electron chi connectivity index (χ2n) is 5.38. The third-order valence-corrected chi connectivity index (χ3v) is 2.47. The summed E-state index contributed by atoms with van der Waals surface area (Å²) >= 11 is 0. The zero-order valence-corrected chi connectivity index (χ0v) is 11.5.